The average molecular weight is 302 g/mol. The summed E-state index contributed by atoms with van der Waals surface area (Å²) in [6.07, 6.45) is 3.36. The van der Waals surface area contributed by atoms with Crippen LogP contribution in [0.4, 0.5) is 0 Å². The lowest BCUT2D eigenvalue weighted by Crippen LogP contribution is -2.26. The minimum Gasteiger partial charge on any atom is -0.493 e. The molecule has 0 fully saturated rings. The first-order chi connectivity index (χ1) is 9.24. The van der Waals surface area contributed by atoms with E-state index in [1.165, 1.54) is 24.0 Å². The van der Waals surface area contributed by atoms with Crippen LogP contribution in [0.15, 0.2) is 12.1 Å². The number of nitrogens with zero attached hydrogens (tertiary/aromatic N) is 1. The van der Waals surface area contributed by atoms with Crippen LogP contribution < -0.4 is 4.74 Å². The average Bonchev–Trinajstić information content (AvgIpc) is 2.84. The van der Waals surface area contributed by atoms with Gasteiger partial charge in [0.15, 0.2) is 0 Å². The summed E-state index contributed by atoms with van der Waals surface area (Å²) < 4.78 is 5.75. The maximum absolute atomic E-state index is 6.19. The van der Waals surface area contributed by atoms with Crippen LogP contribution in [0.1, 0.15) is 30.9 Å². The van der Waals surface area contributed by atoms with Gasteiger partial charge in [-0.15, -0.1) is 11.6 Å². The molecule has 0 radical (unpaired) electrons. The number of alkyl halides is 1. The van der Waals surface area contributed by atoms with E-state index in [0.29, 0.717) is 5.88 Å². The topological polar surface area (TPSA) is 12.5 Å². The zero-order chi connectivity index (χ0) is 13.7. The van der Waals surface area contributed by atoms with Gasteiger partial charge in [-0.3, -0.25) is 4.90 Å². The Labute approximate surface area is 125 Å². The molecule has 1 aliphatic rings. The first kappa shape index (κ1) is 15.0. The molecular formula is C15H21Cl2NO. The molecule has 0 unspecified atom stereocenters. The zero-order valence-corrected chi connectivity index (χ0v) is 12.9. The fraction of sp³-hybridized carbons (Fsp3) is 0.600. The lowest BCUT2D eigenvalue weighted by atomic mass is 10.1. The Kier molecular flexibility index (Phi) is 5.80. The molecule has 1 aromatic rings. The van der Waals surface area contributed by atoms with Crippen LogP contribution in [0.2, 0.25) is 5.02 Å². The van der Waals surface area contributed by atoms with Crippen LogP contribution >= 0.6 is 23.2 Å². The third-order valence-electron chi connectivity index (χ3n) is 3.45. The Morgan fingerprint density at radius 3 is 2.89 bits per heavy atom. The summed E-state index contributed by atoms with van der Waals surface area (Å²) >= 11 is 12.1. The third-order valence-corrected chi connectivity index (χ3v) is 3.84. The van der Waals surface area contributed by atoms with Crippen LogP contribution in [0, 0.1) is 0 Å². The van der Waals surface area contributed by atoms with Gasteiger partial charge in [0.1, 0.15) is 5.75 Å². The number of hydrogen-bond donors (Lipinski definition) is 0. The minimum absolute atomic E-state index is 0.660. The molecule has 19 heavy (non-hydrogen) atoms. The molecule has 0 amide bonds. The number of unbranched alkanes of at least 4 members (excludes halogenated alkanes) is 1. The Hall–Kier alpha value is -0.440. The molecule has 1 heterocycles. The molecule has 0 aromatic heterocycles. The van der Waals surface area contributed by atoms with Gasteiger partial charge in [0.2, 0.25) is 0 Å². The fourth-order valence-corrected chi connectivity index (χ4v) is 2.98. The molecule has 0 saturated heterocycles. The van der Waals surface area contributed by atoms with E-state index in [-0.39, 0.29) is 0 Å². The van der Waals surface area contributed by atoms with Gasteiger partial charge in [0.25, 0.3) is 0 Å². The third kappa shape index (κ3) is 4.01. The van der Waals surface area contributed by atoms with Crippen molar-refractivity contribution in [3.8, 4) is 5.75 Å². The molecule has 106 valence electrons. The highest BCUT2D eigenvalue weighted by molar-refractivity contribution is 6.30. The van der Waals surface area contributed by atoms with E-state index in [1.54, 1.807) is 0 Å². The van der Waals surface area contributed by atoms with Crippen molar-refractivity contribution in [2.75, 3.05) is 25.6 Å². The lowest BCUT2D eigenvalue weighted by molar-refractivity contribution is 0.270. The molecule has 2 nitrogen and oxygen atoms in total. The van der Waals surface area contributed by atoms with Gasteiger partial charge in [-0.25, -0.2) is 0 Å². The Balaban J connectivity index is 2.12. The highest BCUT2D eigenvalue weighted by atomic mass is 35.5. The second kappa shape index (κ2) is 7.37. The second-order valence-electron chi connectivity index (χ2n) is 4.97. The monoisotopic (exact) mass is 301 g/mol. The maximum atomic E-state index is 6.19. The van der Waals surface area contributed by atoms with Crippen LogP contribution in [-0.4, -0.2) is 30.5 Å². The fourth-order valence-electron chi connectivity index (χ4n) is 2.48. The molecule has 0 bridgehead atoms. The van der Waals surface area contributed by atoms with Gasteiger partial charge in [0, 0.05) is 36.0 Å². The van der Waals surface area contributed by atoms with Gasteiger partial charge in [-0.05, 0) is 30.7 Å². The normalized spacial score (nSPS) is 13.7. The van der Waals surface area contributed by atoms with Crippen LogP contribution in [-0.2, 0) is 13.0 Å². The van der Waals surface area contributed by atoms with E-state index in [4.69, 9.17) is 27.9 Å². The van der Waals surface area contributed by atoms with Gasteiger partial charge < -0.3 is 4.74 Å². The summed E-state index contributed by atoms with van der Waals surface area (Å²) in [5.41, 5.74) is 2.44. The van der Waals surface area contributed by atoms with Gasteiger partial charge in [-0.1, -0.05) is 24.9 Å². The summed E-state index contributed by atoms with van der Waals surface area (Å²) in [4.78, 5) is 2.38. The second-order valence-corrected chi connectivity index (χ2v) is 5.78. The van der Waals surface area contributed by atoms with E-state index in [9.17, 15) is 0 Å². The molecule has 0 spiro atoms. The quantitative estimate of drug-likeness (QED) is 0.703. The standard InChI is InChI=1S/C15H21Cl2NO/c1-2-3-6-18(7-5-16)11-13-10-14(17)9-12-4-8-19-15(12)13/h9-10H,2-8,11H2,1H3. The molecular weight excluding hydrogens is 281 g/mol. The molecule has 0 saturated carbocycles. The number of halogens is 2. The van der Waals surface area contributed by atoms with Crippen LogP contribution in [0.3, 0.4) is 0 Å². The number of benzene rings is 1. The van der Waals surface area contributed by atoms with E-state index in [1.807, 2.05) is 12.1 Å². The molecule has 0 N–H and O–H groups in total. The smallest absolute Gasteiger partial charge is 0.127 e. The van der Waals surface area contributed by atoms with Crippen molar-refractivity contribution in [3.63, 3.8) is 0 Å². The Morgan fingerprint density at radius 1 is 1.32 bits per heavy atom. The predicted molar refractivity (Wildman–Crippen MR) is 81.6 cm³/mol. The van der Waals surface area contributed by atoms with Gasteiger partial charge in [0.05, 0.1) is 6.61 Å². The van der Waals surface area contributed by atoms with Crippen molar-refractivity contribution in [1.82, 2.24) is 4.90 Å². The predicted octanol–water partition coefficient (Wildman–Crippen LogP) is 4.12. The summed E-state index contributed by atoms with van der Waals surface area (Å²) in [7, 11) is 0. The summed E-state index contributed by atoms with van der Waals surface area (Å²) in [5.74, 6) is 1.70. The van der Waals surface area contributed by atoms with Gasteiger partial charge in [-0.2, -0.15) is 0 Å². The van der Waals surface area contributed by atoms with Gasteiger partial charge >= 0.3 is 0 Å². The SMILES string of the molecule is CCCCN(CCCl)Cc1cc(Cl)cc2c1OCC2. The van der Waals surface area contributed by atoms with Crippen molar-refractivity contribution in [2.45, 2.75) is 32.7 Å². The van der Waals surface area contributed by atoms with Crippen molar-refractivity contribution in [1.29, 1.82) is 0 Å². The zero-order valence-electron chi connectivity index (χ0n) is 11.4. The number of hydrogen-bond acceptors (Lipinski definition) is 2. The highest BCUT2D eigenvalue weighted by Gasteiger charge is 2.19. The summed E-state index contributed by atoms with van der Waals surface area (Å²) in [5, 5.41) is 0.806. The van der Waals surface area contributed by atoms with Crippen molar-refractivity contribution < 1.29 is 4.74 Å². The van der Waals surface area contributed by atoms with E-state index >= 15 is 0 Å². The summed E-state index contributed by atoms with van der Waals surface area (Å²) in [6.45, 7) is 5.83. The first-order valence-electron chi connectivity index (χ1n) is 6.97. The lowest BCUT2D eigenvalue weighted by Gasteiger charge is -2.22. The molecule has 4 heteroatoms. The number of rotatable bonds is 7. The number of fused-ring (bicyclic) bond motifs is 1. The molecule has 0 aliphatic carbocycles. The Bertz CT molecular complexity index is 423. The van der Waals surface area contributed by atoms with Crippen molar-refractivity contribution in [2.24, 2.45) is 0 Å². The van der Waals surface area contributed by atoms with Crippen LogP contribution in [0.25, 0.3) is 0 Å². The maximum Gasteiger partial charge on any atom is 0.127 e. The van der Waals surface area contributed by atoms with Crippen molar-refractivity contribution in [3.05, 3.63) is 28.3 Å². The minimum atomic E-state index is 0.660. The highest BCUT2D eigenvalue weighted by Crippen LogP contribution is 2.33. The molecule has 0 atom stereocenters. The molecule has 1 aliphatic heterocycles. The van der Waals surface area contributed by atoms with E-state index in [2.05, 4.69) is 11.8 Å². The van der Waals surface area contributed by atoms with Crippen molar-refractivity contribution >= 4 is 23.2 Å². The van der Waals surface area contributed by atoms with E-state index in [0.717, 1.165) is 43.4 Å². The largest absolute Gasteiger partial charge is 0.493 e. The molecule has 2 rings (SSSR count). The first-order valence-corrected chi connectivity index (χ1v) is 7.88. The number of ether oxygens (including phenoxy) is 1. The molecule has 1 aromatic carbocycles. The van der Waals surface area contributed by atoms with Crippen LogP contribution in [0.5, 0.6) is 5.75 Å². The Morgan fingerprint density at radius 2 is 2.16 bits per heavy atom. The van der Waals surface area contributed by atoms with E-state index < -0.39 is 0 Å². The summed E-state index contributed by atoms with van der Waals surface area (Å²) in [6, 6.07) is 4.05.